The SMILES string of the molecule is CCOC(=O)[C@@H]([C@H](c1ccc(Cl)cc1)c1c[nH]c2ccc(Br)cc12)[N+](=O)[O-]. The number of carbonyl (C=O) groups excluding carboxylic acids is 1. The summed E-state index contributed by atoms with van der Waals surface area (Å²) in [6.07, 6.45) is 1.70. The normalized spacial score (nSPS) is 13.3. The number of aromatic amines is 1. The van der Waals surface area contributed by atoms with Gasteiger partial charge in [-0.3, -0.25) is 10.1 Å². The van der Waals surface area contributed by atoms with E-state index in [1.807, 2.05) is 18.2 Å². The molecule has 2 aromatic carbocycles. The Hall–Kier alpha value is -2.38. The summed E-state index contributed by atoms with van der Waals surface area (Å²) >= 11 is 9.40. The smallest absolute Gasteiger partial charge is 0.382 e. The number of carbonyl (C=O) groups is 1. The van der Waals surface area contributed by atoms with Crippen LogP contribution in [0.15, 0.2) is 53.1 Å². The van der Waals surface area contributed by atoms with Gasteiger partial charge in [-0.25, -0.2) is 4.79 Å². The highest BCUT2D eigenvalue weighted by atomic mass is 79.9. The molecular formula is C19H16BrClN2O4. The Labute approximate surface area is 168 Å². The van der Waals surface area contributed by atoms with Crippen molar-refractivity contribution in [1.82, 2.24) is 4.98 Å². The third-order valence-corrected chi connectivity index (χ3v) is 5.06. The minimum atomic E-state index is -1.58. The average molecular weight is 452 g/mol. The summed E-state index contributed by atoms with van der Waals surface area (Å²) in [5.41, 5.74) is 2.07. The van der Waals surface area contributed by atoms with Crippen LogP contribution < -0.4 is 0 Å². The molecule has 8 heteroatoms. The van der Waals surface area contributed by atoms with Crippen LogP contribution in [0.25, 0.3) is 10.9 Å². The standard InChI is InChI=1S/C19H16BrClN2O4/c1-2-27-19(24)18(23(25)26)17(11-3-6-13(21)7-4-11)15-10-22-16-8-5-12(20)9-14(15)16/h3-10,17-18,22H,2H2,1H3/t17-,18-/m1/s1. The highest BCUT2D eigenvalue weighted by Gasteiger charge is 2.43. The fraction of sp³-hybridized carbons (Fsp3) is 0.211. The molecule has 0 aliphatic heterocycles. The van der Waals surface area contributed by atoms with Crippen molar-refractivity contribution >= 4 is 44.4 Å². The number of halogens is 2. The minimum absolute atomic E-state index is 0.0654. The van der Waals surface area contributed by atoms with E-state index >= 15 is 0 Å². The van der Waals surface area contributed by atoms with Crippen LogP contribution >= 0.6 is 27.5 Å². The molecule has 140 valence electrons. The second-order valence-electron chi connectivity index (χ2n) is 5.95. The number of nitrogens with zero attached hydrogens (tertiary/aromatic N) is 1. The summed E-state index contributed by atoms with van der Waals surface area (Å²) in [7, 11) is 0. The van der Waals surface area contributed by atoms with Gasteiger partial charge in [-0.05, 0) is 48.4 Å². The van der Waals surface area contributed by atoms with Gasteiger partial charge in [0, 0.05) is 31.5 Å². The molecule has 0 fully saturated rings. The number of H-pyrrole nitrogens is 1. The van der Waals surface area contributed by atoms with Gasteiger partial charge < -0.3 is 9.72 Å². The Balaban J connectivity index is 2.22. The largest absolute Gasteiger partial charge is 0.461 e. The van der Waals surface area contributed by atoms with Crippen LogP contribution in [0.2, 0.25) is 5.02 Å². The maximum absolute atomic E-state index is 12.5. The number of hydrogen-bond donors (Lipinski definition) is 1. The number of ether oxygens (including phenoxy) is 1. The zero-order chi connectivity index (χ0) is 19.6. The molecule has 2 atom stereocenters. The van der Waals surface area contributed by atoms with E-state index in [2.05, 4.69) is 20.9 Å². The van der Waals surface area contributed by atoms with E-state index in [-0.39, 0.29) is 6.61 Å². The quantitative estimate of drug-likeness (QED) is 0.327. The summed E-state index contributed by atoms with van der Waals surface area (Å²) in [6.45, 7) is 1.69. The van der Waals surface area contributed by atoms with E-state index < -0.39 is 22.9 Å². The van der Waals surface area contributed by atoms with E-state index in [0.29, 0.717) is 16.1 Å². The lowest BCUT2D eigenvalue weighted by molar-refractivity contribution is -0.513. The van der Waals surface area contributed by atoms with E-state index in [0.717, 1.165) is 15.4 Å². The van der Waals surface area contributed by atoms with Crippen molar-refractivity contribution in [3.05, 3.63) is 79.4 Å². The highest BCUT2D eigenvalue weighted by molar-refractivity contribution is 9.10. The molecule has 1 heterocycles. The predicted octanol–water partition coefficient (Wildman–Crippen LogP) is 4.92. The van der Waals surface area contributed by atoms with Crippen molar-refractivity contribution in [3.8, 4) is 0 Å². The Morgan fingerprint density at radius 1 is 1.30 bits per heavy atom. The number of aromatic nitrogens is 1. The van der Waals surface area contributed by atoms with E-state index in [1.165, 1.54) is 0 Å². The van der Waals surface area contributed by atoms with E-state index in [1.54, 1.807) is 37.4 Å². The van der Waals surface area contributed by atoms with Crippen LogP contribution in [-0.2, 0) is 9.53 Å². The van der Waals surface area contributed by atoms with Gasteiger partial charge in [-0.1, -0.05) is 39.7 Å². The van der Waals surface area contributed by atoms with Crippen LogP contribution in [0.3, 0.4) is 0 Å². The molecule has 3 rings (SSSR count). The van der Waals surface area contributed by atoms with Gasteiger partial charge in [0.25, 0.3) is 0 Å². The van der Waals surface area contributed by atoms with Crippen LogP contribution in [0.5, 0.6) is 0 Å². The van der Waals surface area contributed by atoms with Crippen LogP contribution in [0.4, 0.5) is 0 Å². The number of nitrogens with one attached hydrogen (secondary N) is 1. The van der Waals surface area contributed by atoms with Gasteiger partial charge >= 0.3 is 12.0 Å². The van der Waals surface area contributed by atoms with Gasteiger partial charge in [0.15, 0.2) is 0 Å². The van der Waals surface area contributed by atoms with Gasteiger partial charge in [0.1, 0.15) is 0 Å². The summed E-state index contributed by atoms with van der Waals surface area (Å²) in [4.78, 5) is 26.8. The maximum Gasteiger partial charge on any atom is 0.382 e. The summed E-state index contributed by atoms with van der Waals surface area (Å²) in [5.74, 6) is -1.70. The number of nitro groups is 1. The Bertz CT molecular complexity index is 987. The fourth-order valence-corrected chi connectivity index (χ4v) is 3.63. The summed E-state index contributed by atoms with van der Waals surface area (Å²) in [6, 6.07) is 10.7. The molecule has 0 bridgehead atoms. The Morgan fingerprint density at radius 2 is 2.00 bits per heavy atom. The van der Waals surface area contributed by atoms with Gasteiger partial charge in [0.2, 0.25) is 0 Å². The van der Waals surface area contributed by atoms with Gasteiger partial charge in [0.05, 0.1) is 12.5 Å². The molecule has 6 nitrogen and oxygen atoms in total. The first-order chi connectivity index (χ1) is 12.9. The zero-order valence-electron chi connectivity index (χ0n) is 14.3. The molecule has 0 radical (unpaired) electrons. The molecule has 0 saturated carbocycles. The topological polar surface area (TPSA) is 85.2 Å². The lowest BCUT2D eigenvalue weighted by atomic mass is 9.85. The minimum Gasteiger partial charge on any atom is -0.461 e. The first-order valence-corrected chi connectivity index (χ1v) is 9.41. The maximum atomic E-state index is 12.5. The molecule has 3 aromatic rings. The van der Waals surface area contributed by atoms with Gasteiger partial charge in [-0.2, -0.15) is 0 Å². The molecule has 0 aliphatic carbocycles. The molecule has 0 saturated heterocycles. The molecule has 1 N–H and O–H groups in total. The van der Waals surface area contributed by atoms with Crippen LogP contribution in [-0.4, -0.2) is 28.5 Å². The lowest BCUT2D eigenvalue weighted by Crippen LogP contribution is -2.37. The second-order valence-corrected chi connectivity index (χ2v) is 7.30. The Morgan fingerprint density at radius 3 is 2.63 bits per heavy atom. The van der Waals surface area contributed by atoms with Crippen molar-refractivity contribution in [2.75, 3.05) is 6.61 Å². The molecular weight excluding hydrogens is 436 g/mol. The third-order valence-electron chi connectivity index (χ3n) is 4.31. The second kappa shape index (κ2) is 8.10. The van der Waals surface area contributed by atoms with Crippen LogP contribution in [0, 0.1) is 10.1 Å². The van der Waals surface area contributed by atoms with Gasteiger partial charge in [-0.15, -0.1) is 0 Å². The molecule has 27 heavy (non-hydrogen) atoms. The number of benzene rings is 2. The highest BCUT2D eigenvalue weighted by Crippen LogP contribution is 2.36. The van der Waals surface area contributed by atoms with Crippen molar-refractivity contribution in [3.63, 3.8) is 0 Å². The third kappa shape index (κ3) is 3.99. The molecule has 0 aliphatic rings. The first-order valence-electron chi connectivity index (χ1n) is 8.24. The van der Waals surface area contributed by atoms with E-state index in [9.17, 15) is 14.9 Å². The van der Waals surface area contributed by atoms with Crippen molar-refractivity contribution in [2.24, 2.45) is 0 Å². The average Bonchev–Trinajstić information content (AvgIpc) is 3.03. The van der Waals surface area contributed by atoms with Crippen molar-refractivity contribution < 1.29 is 14.5 Å². The zero-order valence-corrected chi connectivity index (χ0v) is 16.7. The predicted molar refractivity (Wildman–Crippen MR) is 107 cm³/mol. The summed E-state index contributed by atoms with van der Waals surface area (Å²) in [5, 5.41) is 13.2. The molecule has 1 aromatic heterocycles. The number of esters is 1. The fourth-order valence-electron chi connectivity index (χ4n) is 3.15. The van der Waals surface area contributed by atoms with Crippen molar-refractivity contribution in [1.29, 1.82) is 0 Å². The summed E-state index contributed by atoms with van der Waals surface area (Å²) < 4.78 is 5.83. The lowest BCUT2D eigenvalue weighted by Gasteiger charge is -2.20. The molecule has 0 amide bonds. The number of hydrogen-bond acceptors (Lipinski definition) is 4. The van der Waals surface area contributed by atoms with E-state index in [4.69, 9.17) is 16.3 Å². The first kappa shape index (κ1) is 19.4. The monoisotopic (exact) mass is 450 g/mol. The molecule has 0 unspecified atom stereocenters. The van der Waals surface area contributed by atoms with Crippen LogP contribution in [0.1, 0.15) is 24.0 Å². The van der Waals surface area contributed by atoms with Crippen molar-refractivity contribution in [2.45, 2.75) is 18.9 Å². The molecule has 0 spiro atoms. The number of rotatable bonds is 6. The Kier molecular flexibility index (Phi) is 5.82. The number of fused-ring (bicyclic) bond motifs is 1.